The molecule has 1 saturated heterocycles. The van der Waals surface area contributed by atoms with Gasteiger partial charge in [-0.15, -0.1) is 0 Å². The van der Waals surface area contributed by atoms with E-state index in [2.05, 4.69) is 25.5 Å². The average molecular weight is 434 g/mol. The quantitative estimate of drug-likeness (QED) is 0.500. The number of rotatable bonds is 7. The number of urea groups is 1. The van der Waals surface area contributed by atoms with E-state index in [1.807, 2.05) is 0 Å². The molecule has 1 aliphatic heterocycles. The molecule has 1 aliphatic rings. The Morgan fingerprint density at radius 2 is 1.97 bits per heavy atom. The van der Waals surface area contributed by atoms with Gasteiger partial charge < -0.3 is 20.9 Å². The van der Waals surface area contributed by atoms with Crippen molar-refractivity contribution in [2.24, 2.45) is 5.73 Å². The lowest BCUT2D eigenvalue weighted by Crippen LogP contribution is -2.35. The average Bonchev–Trinajstić information content (AvgIpc) is 2.73. The number of aryl methyl sites for hydroxylation is 1. The molecule has 3 rings (SSSR count). The van der Waals surface area contributed by atoms with Crippen molar-refractivity contribution in [3.05, 3.63) is 51.4 Å². The molecule has 1 aromatic heterocycles. The van der Waals surface area contributed by atoms with Gasteiger partial charge in [0.2, 0.25) is 5.95 Å². The van der Waals surface area contributed by atoms with E-state index in [1.54, 1.807) is 6.20 Å². The van der Waals surface area contributed by atoms with Crippen LogP contribution in [0.15, 0.2) is 23.1 Å². The first-order valence-corrected chi connectivity index (χ1v) is 10.4. The summed E-state index contributed by atoms with van der Waals surface area (Å²) < 4.78 is 27.5. The van der Waals surface area contributed by atoms with Crippen LogP contribution in [-0.2, 0) is 0 Å². The number of piperidine rings is 1. The SMILES string of the molecule is Cc1cc(F)c(NC(=O)Nc2nc(=O)c(C3CCN(CCCCN)CC3)c[nH]2)cc1F. The molecule has 2 aromatic rings. The highest BCUT2D eigenvalue weighted by atomic mass is 19.1. The summed E-state index contributed by atoms with van der Waals surface area (Å²) in [4.78, 5) is 33.6. The number of nitrogens with two attached hydrogens (primary N) is 1. The van der Waals surface area contributed by atoms with E-state index in [1.165, 1.54) is 6.92 Å². The molecule has 31 heavy (non-hydrogen) atoms. The van der Waals surface area contributed by atoms with Crippen LogP contribution in [-0.4, -0.2) is 47.1 Å². The normalized spacial score (nSPS) is 15.1. The van der Waals surface area contributed by atoms with E-state index >= 15 is 0 Å². The van der Waals surface area contributed by atoms with Crippen molar-refractivity contribution >= 4 is 17.7 Å². The third-order valence-corrected chi connectivity index (χ3v) is 5.51. The van der Waals surface area contributed by atoms with Gasteiger partial charge in [0.25, 0.3) is 5.56 Å². The van der Waals surface area contributed by atoms with Crippen molar-refractivity contribution in [1.29, 1.82) is 0 Å². The highest BCUT2D eigenvalue weighted by Gasteiger charge is 2.23. The monoisotopic (exact) mass is 434 g/mol. The Bertz CT molecular complexity index is 973. The number of unbranched alkanes of at least 4 members (excludes halogenated alkanes) is 1. The molecule has 1 fully saturated rings. The highest BCUT2D eigenvalue weighted by molar-refractivity contribution is 5.98. The molecule has 0 radical (unpaired) electrons. The molecule has 2 amide bonds. The van der Waals surface area contributed by atoms with E-state index < -0.39 is 23.2 Å². The second kappa shape index (κ2) is 10.5. The number of benzene rings is 1. The van der Waals surface area contributed by atoms with Gasteiger partial charge in [-0.05, 0) is 76.3 Å². The summed E-state index contributed by atoms with van der Waals surface area (Å²) in [7, 11) is 0. The second-order valence-electron chi connectivity index (χ2n) is 7.78. The molecule has 0 spiro atoms. The standard InChI is InChI=1S/C21H28F2N6O2/c1-13-10-17(23)18(11-16(13)22)26-21(31)28-20-25-12-15(19(30)27-20)14-4-8-29(9-5-14)7-3-2-6-24/h10-12,14H,2-9,24H2,1H3,(H3,25,26,27,28,30,31). The maximum atomic E-state index is 13.9. The van der Waals surface area contributed by atoms with Crippen LogP contribution in [0.25, 0.3) is 0 Å². The molecule has 0 unspecified atom stereocenters. The molecule has 8 nitrogen and oxygen atoms in total. The summed E-state index contributed by atoms with van der Waals surface area (Å²) in [5.74, 6) is -1.37. The first-order chi connectivity index (χ1) is 14.9. The van der Waals surface area contributed by atoms with Gasteiger partial charge in [0, 0.05) is 17.8 Å². The molecule has 10 heteroatoms. The van der Waals surface area contributed by atoms with Crippen LogP contribution in [0.1, 0.15) is 42.7 Å². The van der Waals surface area contributed by atoms with Gasteiger partial charge in [0.1, 0.15) is 11.6 Å². The van der Waals surface area contributed by atoms with Gasteiger partial charge in [-0.1, -0.05) is 0 Å². The molecular weight excluding hydrogens is 406 g/mol. The Morgan fingerprint density at radius 3 is 2.65 bits per heavy atom. The van der Waals surface area contributed by atoms with E-state index in [0.717, 1.165) is 57.5 Å². The minimum Gasteiger partial charge on any atom is -0.332 e. The van der Waals surface area contributed by atoms with E-state index in [0.29, 0.717) is 12.1 Å². The third kappa shape index (κ3) is 6.08. The van der Waals surface area contributed by atoms with Crippen LogP contribution in [0, 0.1) is 18.6 Å². The van der Waals surface area contributed by atoms with Crippen LogP contribution in [0.5, 0.6) is 0 Å². The Labute approximate surface area is 179 Å². The smallest absolute Gasteiger partial charge is 0.326 e. The molecule has 2 heterocycles. The second-order valence-corrected chi connectivity index (χ2v) is 7.78. The van der Waals surface area contributed by atoms with Crippen molar-refractivity contribution in [3.8, 4) is 0 Å². The maximum absolute atomic E-state index is 13.9. The van der Waals surface area contributed by atoms with E-state index in [9.17, 15) is 18.4 Å². The Morgan fingerprint density at radius 1 is 1.23 bits per heavy atom. The van der Waals surface area contributed by atoms with Crippen LogP contribution < -0.4 is 21.9 Å². The number of likely N-dealkylation sites (tertiary alicyclic amines) is 1. The fourth-order valence-electron chi connectivity index (χ4n) is 3.71. The van der Waals surface area contributed by atoms with Crippen molar-refractivity contribution < 1.29 is 13.6 Å². The van der Waals surface area contributed by atoms with Crippen LogP contribution in [0.3, 0.4) is 0 Å². The molecular formula is C21H28F2N6O2. The van der Waals surface area contributed by atoms with Gasteiger partial charge in [-0.25, -0.2) is 13.6 Å². The van der Waals surface area contributed by atoms with Gasteiger partial charge in [-0.3, -0.25) is 10.1 Å². The number of aromatic nitrogens is 2. The number of halogens is 2. The molecule has 168 valence electrons. The van der Waals surface area contributed by atoms with E-state index in [4.69, 9.17) is 5.73 Å². The minimum absolute atomic E-state index is 0.0709. The fourth-order valence-corrected chi connectivity index (χ4v) is 3.71. The molecule has 0 aliphatic carbocycles. The largest absolute Gasteiger partial charge is 0.332 e. The molecule has 5 N–H and O–H groups in total. The summed E-state index contributed by atoms with van der Waals surface area (Å²) in [5.41, 5.74) is 5.52. The molecule has 1 aromatic carbocycles. The highest BCUT2D eigenvalue weighted by Crippen LogP contribution is 2.25. The fraction of sp³-hybridized carbons (Fsp3) is 0.476. The van der Waals surface area contributed by atoms with Gasteiger partial charge in [0.15, 0.2) is 0 Å². The van der Waals surface area contributed by atoms with Gasteiger partial charge >= 0.3 is 6.03 Å². The topological polar surface area (TPSA) is 116 Å². The number of aromatic amines is 1. The predicted molar refractivity (Wildman–Crippen MR) is 115 cm³/mol. The Hall–Kier alpha value is -2.85. The predicted octanol–water partition coefficient (Wildman–Crippen LogP) is 2.92. The Kier molecular flexibility index (Phi) is 7.69. The van der Waals surface area contributed by atoms with Crippen LogP contribution in [0.2, 0.25) is 0 Å². The number of anilines is 2. The minimum atomic E-state index is -0.844. The van der Waals surface area contributed by atoms with Crippen LogP contribution in [0.4, 0.5) is 25.2 Å². The zero-order chi connectivity index (χ0) is 22.4. The van der Waals surface area contributed by atoms with Crippen molar-refractivity contribution in [2.75, 3.05) is 36.8 Å². The number of H-pyrrole nitrogens is 1. The lowest BCUT2D eigenvalue weighted by molar-refractivity contribution is 0.208. The van der Waals surface area contributed by atoms with Crippen molar-refractivity contribution in [2.45, 2.75) is 38.5 Å². The first-order valence-electron chi connectivity index (χ1n) is 10.4. The van der Waals surface area contributed by atoms with E-state index in [-0.39, 0.29) is 23.1 Å². The van der Waals surface area contributed by atoms with Crippen molar-refractivity contribution in [1.82, 2.24) is 14.9 Å². The number of hydrogen-bond donors (Lipinski definition) is 4. The molecule has 0 bridgehead atoms. The zero-order valence-electron chi connectivity index (χ0n) is 17.5. The number of hydrogen-bond acceptors (Lipinski definition) is 5. The number of amides is 2. The van der Waals surface area contributed by atoms with Crippen molar-refractivity contribution in [3.63, 3.8) is 0 Å². The summed E-state index contributed by atoms with van der Waals surface area (Å²) in [6.07, 6.45) is 5.37. The summed E-state index contributed by atoms with van der Waals surface area (Å²) >= 11 is 0. The lowest BCUT2D eigenvalue weighted by atomic mass is 9.91. The van der Waals surface area contributed by atoms with Crippen LogP contribution >= 0.6 is 0 Å². The maximum Gasteiger partial charge on any atom is 0.326 e. The molecule has 0 saturated carbocycles. The third-order valence-electron chi connectivity index (χ3n) is 5.51. The summed E-state index contributed by atoms with van der Waals surface area (Å²) in [5, 5.41) is 4.54. The summed E-state index contributed by atoms with van der Waals surface area (Å²) in [6, 6.07) is 1.04. The summed E-state index contributed by atoms with van der Waals surface area (Å²) in [6.45, 7) is 4.96. The Balaban J connectivity index is 1.57. The lowest BCUT2D eigenvalue weighted by Gasteiger charge is -2.31. The van der Waals surface area contributed by atoms with Gasteiger partial charge in [-0.2, -0.15) is 4.98 Å². The van der Waals surface area contributed by atoms with Gasteiger partial charge in [0.05, 0.1) is 5.69 Å². The zero-order valence-corrected chi connectivity index (χ0v) is 17.5. The number of carbonyl (C=O) groups is 1. The molecule has 0 atom stereocenters. The first kappa shape index (κ1) is 22.8. The number of nitrogens with one attached hydrogen (secondary N) is 3. The number of carbonyl (C=O) groups excluding carboxylic acids is 1. The number of nitrogens with zero attached hydrogens (tertiary/aromatic N) is 2.